The summed E-state index contributed by atoms with van der Waals surface area (Å²) in [6.45, 7) is 3.08. The Bertz CT molecular complexity index is 509. The lowest BCUT2D eigenvalue weighted by Gasteiger charge is -2.18. The Labute approximate surface area is 116 Å². The molecule has 4 nitrogen and oxygen atoms in total. The second kappa shape index (κ2) is 6.11. The molecule has 0 fully saturated rings. The van der Waals surface area contributed by atoms with Gasteiger partial charge in [-0.15, -0.1) is 0 Å². The zero-order valence-electron chi connectivity index (χ0n) is 10.6. The van der Waals surface area contributed by atoms with Crippen molar-refractivity contribution in [1.82, 2.24) is 19.9 Å². The smallest absolute Gasteiger partial charge is 0.131 e. The van der Waals surface area contributed by atoms with Gasteiger partial charge in [0.25, 0.3) is 0 Å². The standard InChI is InChI=1S/C13H17BrN4/c1-3-6-15-12(13-17-8-9-18(13)2)11-10(14)5-4-7-16-11/h4-5,7-9,12,15H,3,6H2,1-2H3. The molecule has 0 aromatic carbocycles. The number of rotatable bonds is 5. The molecule has 1 atom stereocenters. The van der Waals surface area contributed by atoms with Gasteiger partial charge in [-0.3, -0.25) is 4.98 Å². The molecule has 1 N–H and O–H groups in total. The van der Waals surface area contributed by atoms with Crippen molar-refractivity contribution >= 4 is 15.9 Å². The summed E-state index contributed by atoms with van der Waals surface area (Å²) in [6, 6.07) is 3.94. The highest BCUT2D eigenvalue weighted by atomic mass is 79.9. The van der Waals surface area contributed by atoms with E-state index in [1.54, 1.807) is 0 Å². The highest BCUT2D eigenvalue weighted by molar-refractivity contribution is 9.10. The van der Waals surface area contributed by atoms with Gasteiger partial charge in [0.2, 0.25) is 0 Å². The molecule has 0 saturated heterocycles. The lowest BCUT2D eigenvalue weighted by Crippen LogP contribution is -2.26. The Balaban J connectivity index is 2.37. The van der Waals surface area contributed by atoms with Crippen LogP contribution in [-0.4, -0.2) is 21.1 Å². The Morgan fingerprint density at radius 1 is 1.39 bits per heavy atom. The molecule has 0 spiro atoms. The van der Waals surface area contributed by atoms with Gasteiger partial charge in [0.05, 0.1) is 5.69 Å². The number of halogens is 1. The average Bonchev–Trinajstić information content (AvgIpc) is 2.78. The van der Waals surface area contributed by atoms with Crippen LogP contribution in [0.5, 0.6) is 0 Å². The van der Waals surface area contributed by atoms with Crippen molar-refractivity contribution < 1.29 is 0 Å². The summed E-state index contributed by atoms with van der Waals surface area (Å²) in [6.07, 6.45) is 6.65. The minimum atomic E-state index is 0.0144. The van der Waals surface area contributed by atoms with Gasteiger partial charge in [-0.05, 0) is 41.0 Å². The van der Waals surface area contributed by atoms with E-state index in [1.165, 1.54) is 0 Å². The van der Waals surface area contributed by atoms with E-state index in [-0.39, 0.29) is 6.04 Å². The lowest BCUT2D eigenvalue weighted by molar-refractivity contribution is 0.543. The lowest BCUT2D eigenvalue weighted by atomic mass is 10.1. The first kappa shape index (κ1) is 13.2. The number of imidazole rings is 1. The third-order valence-electron chi connectivity index (χ3n) is 2.78. The van der Waals surface area contributed by atoms with Gasteiger partial charge >= 0.3 is 0 Å². The highest BCUT2D eigenvalue weighted by Gasteiger charge is 2.20. The van der Waals surface area contributed by atoms with E-state index < -0.39 is 0 Å². The Hall–Kier alpha value is -1.20. The fourth-order valence-corrected chi connectivity index (χ4v) is 2.35. The highest BCUT2D eigenvalue weighted by Crippen LogP contribution is 2.25. The largest absolute Gasteiger partial charge is 0.336 e. The van der Waals surface area contributed by atoms with Crippen molar-refractivity contribution in [1.29, 1.82) is 0 Å². The van der Waals surface area contributed by atoms with E-state index in [2.05, 4.69) is 38.1 Å². The van der Waals surface area contributed by atoms with E-state index in [4.69, 9.17) is 0 Å². The summed E-state index contributed by atoms with van der Waals surface area (Å²) in [7, 11) is 2.00. The van der Waals surface area contributed by atoms with Crippen molar-refractivity contribution in [3.05, 3.63) is 46.7 Å². The van der Waals surface area contributed by atoms with Crippen LogP contribution >= 0.6 is 15.9 Å². The summed E-state index contributed by atoms with van der Waals surface area (Å²) >= 11 is 3.56. The van der Waals surface area contributed by atoms with Crippen molar-refractivity contribution in [2.75, 3.05) is 6.54 Å². The molecule has 5 heteroatoms. The first-order valence-electron chi connectivity index (χ1n) is 6.05. The number of pyridine rings is 1. The molecule has 0 aliphatic rings. The zero-order valence-corrected chi connectivity index (χ0v) is 12.2. The van der Waals surface area contributed by atoms with Crippen LogP contribution in [0.4, 0.5) is 0 Å². The number of aromatic nitrogens is 3. The van der Waals surface area contributed by atoms with Crippen molar-refractivity contribution in [3.63, 3.8) is 0 Å². The first-order valence-corrected chi connectivity index (χ1v) is 6.84. The molecule has 2 rings (SSSR count). The second-order valence-corrected chi connectivity index (χ2v) is 5.01. The number of hydrogen-bond donors (Lipinski definition) is 1. The Morgan fingerprint density at radius 2 is 2.22 bits per heavy atom. The summed E-state index contributed by atoms with van der Waals surface area (Å²) in [5.74, 6) is 0.975. The Kier molecular flexibility index (Phi) is 4.49. The maximum absolute atomic E-state index is 4.47. The molecule has 2 heterocycles. The summed E-state index contributed by atoms with van der Waals surface area (Å²) in [5, 5.41) is 3.49. The van der Waals surface area contributed by atoms with Gasteiger partial charge in [-0.25, -0.2) is 4.98 Å². The predicted octanol–water partition coefficient (Wildman–Crippen LogP) is 2.67. The summed E-state index contributed by atoms with van der Waals surface area (Å²) < 4.78 is 3.02. The van der Waals surface area contributed by atoms with E-state index in [0.717, 1.165) is 29.0 Å². The minimum absolute atomic E-state index is 0.0144. The van der Waals surface area contributed by atoms with Crippen LogP contribution in [0, 0.1) is 0 Å². The topological polar surface area (TPSA) is 42.7 Å². The molecule has 0 saturated carbocycles. The van der Waals surface area contributed by atoms with Crippen LogP contribution in [0.3, 0.4) is 0 Å². The van der Waals surface area contributed by atoms with Crippen molar-refractivity contribution in [2.45, 2.75) is 19.4 Å². The number of nitrogens with one attached hydrogen (secondary N) is 1. The van der Waals surface area contributed by atoms with Crippen molar-refractivity contribution in [2.24, 2.45) is 7.05 Å². The van der Waals surface area contributed by atoms with Crippen LogP contribution < -0.4 is 5.32 Å². The summed E-state index contributed by atoms with van der Waals surface area (Å²) in [4.78, 5) is 8.89. The van der Waals surface area contributed by atoms with Crippen LogP contribution in [0.25, 0.3) is 0 Å². The molecule has 96 valence electrons. The average molecular weight is 309 g/mol. The molecular formula is C13H17BrN4. The van der Waals surface area contributed by atoms with Gasteiger partial charge in [0, 0.05) is 30.1 Å². The molecule has 0 aliphatic heterocycles. The third kappa shape index (κ3) is 2.79. The SMILES string of the molecule is CCCNC(c1ncccc1Br)c1nccn1C. The van der Waals surface area contributed by atoms with Crippen LogP contribution in [0.15, 0.2) is 35.2 Å². The molecule has 18 heavy (non-hydrogen) atoms. The van der Waals surface area contributed by atoms with Gasteiger partial charge in [-0.1, -0.05) is 6.92 Å². The normalized spacial score (nSPS) is 12.6. The monoisotopic (exact) mass is 308 g/mol. The first-order chi connectivity index (χ1) is 8.74. The minimum Gasteiger partial charge on any atom is -0.336 e. The zero-order chi connectivity index (χ0) is 13.0. The third-order valence-corrected chi connectivity index (χ3v) is 3.45. The summed E-state index contributed by atoms with van der Waals surface area (Å²) in [5.41, 5.74) is 0.972. The predicted molar refractivity (Wildman–Crippen MR) is 75.3 cm³/mol. The second-order valence-electron chi connectivity index (χ2n) is 4.15. The molecule has 0 radical (unpaired) electrons. The molecule has 0 aliphatic carbocycles. The van der Waals surface area contributed by atoms with Gasteiger partial charge in [0.1, 0.15) is 11.9 Å². The van der Waals surface area contributed by atoms with Crippen LogP contribution in [0.1, 0.15) is 30.9 Å². The molecule has 2 aromatic rings. The van der Waals surface area contributed by atoms with Crippen molar-refractivity contribution in [3.8, 4) is 0 Å². The van der Waals surface area contributed by atoms with E-state index in [1.807, 2.05) is 42.3 Å². The number of nitrogens with zero attached hydrogens (tertiary/aromatic N) is 3. The quantitative estimate of drug-likeness (QED) is 0.923. The van der Waals surface area contributed by atoms with E-state index in [9.17, 15) is 0 Å². The number of hydrogen-bond acceptors (Lipinski definition) is 3. The van der Waals surface area contributed by atoms with E-state index >= 15 is 0 Å². The molecule has 0 bridgehead atoms. The molecule has 1 unspecified atom stereocenters. The fraction of sp³-hybridized carbons (Fsp3) is 0.385. The number of aryl methyl sites for hydroxylation is 1. The van der Waals surface area contributed by atoms with E-state index in [0.29, 0.717) is 0 Å². The molecule has 2 aromatic heterocycles. The maximum Gasteiger partial charge on any atom is 0.131 e. The molecule has 0 amide bonds. The van der Waals surface area contributed by atoms with Gasteiger partial charge in [-0.2, -0.15) is 0 Å². The van der Waals surface area contributed by atoms with Gasteiger partial charge < -0.3 is 9.88 Å². The molecular weight excluding hydrogens is 292 g/mol. The van der Waals surface area contributed by atoms with Crippen LogP contribution in [0.2, 0.25) is 0 Å². The maximum atomic E-state index is 4.47. The Morgan fingerprint density at radius 3 is 2.83 bits per heavy atom. The fourth-order valence-electron chi connectivity index (χ4n) is 1.86. The van der Waals surface area contributed by atoms with Crippen LogP contribution in [-0.2, 0) is 7.05 Å². The van der Waals surface area contributed by atoms with Gasteiger partial charge in [0.15, 0.2) is 0 Å².